The van der Waals surface area contributed by atoms with Gasteiger partial charge >= 0.3 is 0 Å². The summed E-state index contributed by atoms with van der Waals surface area (Å²) in [5.41, 5.74) is -0.727. The molecule has 4 aliphatic carbocycles. The number of aliphatic hydroxyl groups excluding tert-OH is 1. The van der Waals surface area contributed by atoms with E-state index in [1.165, 1.54) is 0 Å². The minimum Gasteiger partial charge on any atom is -0.393 e. The van der Waals surface area contributed by atoms with Crippen LogP contribution in [-0.4, -0.2) is 27.7 Å². The van der Waals surface area contributed by atoms with Gasteiger partial charge in [-0.2, -0.15) is 0 Å². The Morgan fingerprint density at radius 3 is 2.50 bits per heavy atom. The van der Waals surface area contributed by atoms with Gasteiger partial charge in [0.2, 0.25) is 0 Å². The molecule has 24 heavy (non-hydrogen) atoms. The van der Waals surface area contributed by atoms with Crippen LogP contribution in [0.4, 0.5) is 0 Å². The van der Waals surface area contributed by atoms with Gasteiger partial charge in [-0.25, -0.2) is 0 Å². The number of aliphatic hydroxyl groups is 2. The second kappa shape index (κ2) is 5.07. The molecule has 0 bridgehead atoms. The van der Waals surface area contributed by atoms with Gasteiger partial charge in [-0.3, -0.25) is 4.79 Å². The number of carbonyl (C=O) groups excluding carboxylic acids is 1. The van der Waals surface area contributed by atoms with Crippen molar-refractivity contribution >= 4 is 5.78 Å². The maximum absolute atomic E-state index is 12.3. The lowest BCUT2D eigenvalue weighted by atomic mass is 9.43. The van der Waals surface area contributed by atoms with Crippen molar-refractivity contribution in [1.29, 1.82) is 0 Å². The highest BCUT2D eigenvalue weighted by molar-refractivity contribution is 5.82. The predicted molar refractivity (Wildman–Crippen MR) is 93.3 cm³/mol. The summed E-state index contributed by atoms with van der Waals surface area (Å²) in [6.07, 6.45) is 6.23. The molecule has 4 fully saturated rings. The van der Waals surface area contributed by atoms with Crippen molar-refractivity contribution in [3.05, 3.63) is 0 Å². The first-order chi connectivity index (χ1) is 11.1. The first-order valence-corrected chi connectivity index (χ1v) is 10.0. The number of carbonyl (C=O) groups is 1. The Balaban J connectivity index is 1.71. The molecule has 0 heterocycles. The average Bonchev–Trinajstić information content (AvgIpc) is 2.70. The lowest BCUT2D eigenvalue weighted by Crippen LogP contribution is -2.61. The van der Waals surface area contributed by atoms with Crippen LogP contribution in [0.25, 0.3) is 0 Å². The van der Waals surface area contributed by atoms with Crippen molar-refractivity contribution in [1.82, 2.24) is 0 Å². The number of hydrogen-bond donors (Lipinski definition) is 2. The van der Waals surface area contributed by atoms with Crippen LogP contribution < -0.4 is 0 Å². The summed E-state index contributed by atoms with van der Waals surface area (Å²) < 4.78 is 0. The van der Waals surface area contributed by atoms with E-state index in [-0.39, 0.29) is 22.9 Å². The maximum Gasteiger partial charge on any atom is 0.136 e. The van der Waals surface area contributed by atoms with Crippen LogP contribution >= 0.6 is 0 Å². The molecule has 0 saturated heterocycles. The molecule has 0 aliphatic heterocycles. The predicted octanol–water partition coefficient (Wildman–Crippen LogP) is 3.57. The normalized spacial score (nSPS) is 60.3. The number of Topliss-reactive ketones (excluding diaryl/α,β-unsaturated/α-hetero) is 1. The van der Waals surface area contributed by atoms with Crippen LogP contribution in [-0.2, 0) is 4.79 Å². The number of rotatable bonds is 0. The third-order valence-electron chi connectivity index (χ3n) is 9.30. The van der Waals surface area contributed by atoms with E-state index in [4.69, 9.17) is 0 Å². The van der Waals surface area contributed by atoms with Crippen molar-refractivity contribution in [2.45, 2.75) is 84.3 Å². The fourth-order valence-corrected chi connectivity index (χ4v) is 7.76. The zero-order valence-electron chi connectivity index (χ0n) is 15.7. The maximum atomic E-state index is 12.3. The van der Waals surface area contributed by atoms with Gasteiger partial charge in [0.15, 0.2) is 0 Å². The van der Waals surface area contributed by atoms with Gasteiger partial charge in [0.1, 0.15) is 5.78 Å². The zero-order chi connectivity index (χ0) is 17.5. The van der Waals surface area contributed by atoms with Crippen molar-refractivity contribution < 1.29 is 15.0 Å². The summed E-state index contributed by atoms with van der Waals surface area (Å²) in [6, 6.07) is 0. The number of ketones is 1. The Labute approximate surface area is 146 Å². The molecule has 136 valence electrons. The SMILES string of the molecule is C[C@@H]1C[C@@]2(C)[C@@H](CC[C@@H]3[C@H]2[C@H](O)C[C@]2(C)[C@H]3CC[C@]2(C)O)CC1=O. The van der Waals surface area contributed by atoms with Crippen molar-refractivity contribution in [3.63, 3.8) is 0 Å². The number of hydrogen-bond acceptors (Lipinski definition) is 3. The molecule has 2 N–H and O–H groups in total. The summed E-state index contributed by atoms with van der Waals surface area (Å²) in [5.74, 6) is 2.34. The highest BCUT2D eigenvalue weighted by Gasteiger charge is 2.66. The highest BCUT2D eigenvalue weighted by atomic mass is 16.3. The molecular formula is C21H34O3. The average molecular weight is 335 g/mol. The Hall–Kier alpha value is -0.410. The van der Waals surface area contributed by atoms with Gasteiger partial charge in [-0.15, -0.1) is 0 Å². The fourth-order valence-electron chi connectivity index (χ4n) is 7.76. The van der Waals surface area contributed by atoms with Crippen molar-refractivity contribution in [2.75, 3.05) is 0 Å². The molecule has 3 nitrogen and oxygen atoms in total. The molecule has 3 heteroatoms. The van der Waals surface area contributed by atoms with Crippen LogP contribution in [0.15, 0.2) is 0 Å². The highest BCUT2D eigenvalue weighted by Crippen LogP contribution is 2.68. The summed E-state index contributed by atoms with van der Waals surface area (Å²) in [7, 11) is 0. The zero-order valence-corrected chi connectivity index (χ0v) is 15.7. The molecule has 0 radical (unpaired) electrons. The first-order valence-electron chi connectivity index (χ1n) is 10.0. The summed E-state index contributed by atoms with van der Waals surface area (Å²) in [6.45, 7) is 8.63. The van der Waals surface area contributed by atoms with Gasteiger partial charge in [-0.1, -0.05) is 20.8 Å². The molecule has 0 unspecified atom stereocenters. The quantitative estimate of drug-likeness (QED) is 0.712. The van der Waals surface area contributed by atoms with Gasteiger partial charge in [0, 0.05) is 17.8 Å². The molecule has 4 rings (SSSR count). The molecule has 9 atom stereocenters. The molecule has 0 aromatic carbocycles. The van der Waals surface area contributed by atoms with E-state index < -0.39 is 5.60 Å². The first kappa shape index (κ1) is 17.0. The van der Waals surface area contributed by atoms with Gasteiger partial charge in [-0.05, 0) is 74.5 Å². The number of fused-ring (bicyclic) bond motifs is 5. The third kappa shape index (κ3) is 2.00. The van der Waals surface area contributed by atoms with Gasteiger partial charge in [0.05, 0.1) is 11.7 Å². The molecule has 0 aromatic heterocycles. The topological polar surface area (TPSA) is 57.5 Å². The molecule has 4 aliphatic rings. The van der Waals surface area contributed by atoms with Crippen LogP contribution in [0.3, 0.4) is 0 Å². The molecular weight excluding hydrogens is 300 g/mol. The minimum atomic E-state index is -0.656. The molecule has 4 saturated carbocycles. The summed E-state index contributed by atoms with van der Waals surface area (Å²) >= 11 is 0. The molecule has 0 aromatic rings. The van der Waals surface area contributed by atoms with E-state index in [9.17, 15) is 15.0 Å². The standard InChI is InChI=1S/C21H34O3/c1-12-10-19(2)13(9-16(12)22)5-6-14-15-7-8-21(4,24)20(15,3)11-17(23)18(14)19/h12-15,17-18,23-24H,5-11H2,1-4H3/t12-,13+,14+,15+,17-,18+,19+,20-,21+/m1/s1. The summed E-state index contributed by atoms with van der Waals surface area (Å²) in [5, 5.41) is 22.2. The van der Waals surface area contributed by atoms with E-state index in [1.54, 1.807) is 0 Å². The Bertz CT molecular complexity index is 555. The van der Waals surface area contributed by atoms with Gasteiger partial charge in [0.25, 0.3) is 0 Å². The van der Waals surface area contributed by atoms with Crippen molar-refractivity contribution in [2.24, 2.45) is 40.4 Å². The van der Waals surface area contributed by atoms with Crippen LogP contribution in [0.1, 0.15) is 72.6 Å². The van der Waals surface area contributed by atoms with Crippen LogP contribution in [0.2, 0.25) is 0 Å². The third-order valence-corrected chi connectivity index (χ3v) is 9.30. The van der Waals surface area contributed by atoms with E-state index in [0.29, 0.717) is 35.9 Å². The fraction of sp³-hybridized carbons (Fsp3) is 0.952. The molecule has 0 spiro atoms. The van der Waals surface area contributed by atoms with Crippen molar-refractivity contribution in [3.8, 4) is 0 Å². The van der Waals surface area contributed by atoms with E-state index in [1.807, 2.05) is 6.92 Å². The minimum absolute atomic E-state index is 0.0887. The largest absolute Gasteiger partial charge is 0.393 e. The Morgan fingerprint density at radius 1 is 1.08 bits per heavy atom. The smallest absolute Gasteiger partial charge is 0.136 e. The van der Waals surface area contributed by atoms with Crippen LogP contribution in [0.5, 0.6) is 0 Å². The van der Waals surface area contributed by atoms with Crippen LogP contribution in [0, 0.1) is 40.4 Å². The van der Waals surface area contributed by atoms with E-state index in [0.717, 1.165) is 38.5 Å². The second-order valence-electron chi connectivity index (χ2n) is 10.4. The monoisotopic (exact) mass is 334 g/mol. The Kier molecular flexibility index (Phi) is 3.59. The van der Waals surface area contributed by atoms with E-state index in [2.05, 4.69) is 20.8 Å². The molecule has 0 amide bonds. The van der Waals surface area contributed by atoms with Gasteiger partial charge < -0.3 is 10.2 Å². The lowest BCUT2D eigenvalue weighted by Gasteiger charge is -2.62. The van der Waals surface area contributed by atoms with E-state index >= 15 is 0 Å². The summed E-state index contributed by atoms with van der Waals surface area (Å²) in [4.78, 5) is 12.3. The lowest BCUT2D eigenvalue weighted by molar-refractivity contribution is -0.196. The Morgan fingerprint density at radius 2 is 1.79 bits per heavy atom. The second-order valence-corrected chi connectivity index (χ2v) is 10.4.